The minimum atomic E-state index is -0.684. The first kappa shape index (κ1) is 44.3. The van der Waals surface area contributed by atoms with Gasteiger partial charge in [-0.3, -0.25) is 45.8 Å². The molecule has 3 heterocycles. The lowest BCUT2D eigenvalue weighted by Crippen LogP contribution is -2.50. The Morgan fingerprint density at radius 3 is 1.56 bits per heavy atom. The molecule has 0 bridgehead atoms. The van der Waals surface area contributed by atoms with Crippen LogP contribution >= 0.6 is 11.6 Å². The Bertz CT molecular complexity index is 1740. The second-order valence-corrected chi connectivity index (χ2v) is 14.1. The molecular formula is C38H51ClN8O10. The average Bonchev–Trinajstić information content (AvgIpc) is 3.73. The highest BCUT2D eigenvalue weighted by Crippen LogP contribution is 2.24. The molecule has 2 aromatic carbocycles. The van der Waals surface area contributed by atoms with Crippen molar-refractivity contribution in [2.24, 2.45) is 0 Å². The number of carbonyl (C=O) groups excluding carboxylic acids is 5. The van der Waals surface area contributed by atoms with Crippen molar-refractivity contribution in [2.75, 3.05) is 74.6 Å². The van der Waals surface area contributed by atoms with Gasteiger partial charge in [-0.2, -0.15) is 0 Å². The molecule has 310 valence electrons. The Morgan fingerprint density at radius 2 is 1.16 bits per heavy atom. The zero-order valence-electron chi connectivity index (χ0n) is 32.7. The normalized spacial score (nSPS) is 18.3. The van der Waals surface area contributed by atoms with Gasteiger partial charge in [0.05, 0.1) is 44.3 Å². The number of hydrogen-bond acceptors (Lipinski definition) is 14. The number of amides is 4. The smallest absolute Gasteiger partial charge is 0.414 e. The summed E-state index contributed by atoms with van der Waals surface area (Å²) in [6, 6.07) is 13.4. The lowest BCUT2D eigenvalue weighted by Gasteiger charge is -2.34. The molecule has 5 rings (SSSR count). The number of alkyl halides is 1. The van der Waals surface area contributed by atoms with Crippen molar-refractivity contribution in [3.8, 4) is 0 Å². The van der Waals surface area contributed by atoms with Crippen LogP contribution in [-0.2, 0) is 28.5 Å². The standard InChI is InChI=1S/C23H33N5O6.C15H18ClN3O4/c1-4-32-20(29)15-27-11-9-26(10-12-27)13-19-14-28(23(31)34-19)18-7-5-17(6-8-18)21(24)25-22(30)33-16(2)3;1-9(2)22-14(20)18-13(17)10-3-5-11(6-4-10)19-8-12(7-16)23-15(19)21/h5-8,16,19H,4,9-15H2,1-3H3,(H2,24,25,30);3-6,9,12H,7-8H2,1-2H3,(H2,17,18,20)/t19-;12-/m01/s1. The largest absolute Gasteiger partial charge is 0.465 e. The molecule has 19 heteroatoms. The number of piperazine rings is 1. The average molecular weight is 815 g/mol. The van der Waals surface area contributed by atoms with Gasteiger partial charge >= 0.3 is 30.3 Å². The molecule has 0 unspecified atom stereocenters. The van der Waals surface area contributed by atoms with Crippen molar-refractivity contribution < 1.29 is 47.7 Å². The first-order chi connectivity index (χ1) is 27.1. The molecular weight excluding hydrogens is 764 g/mol. The van der Waals surface area contributed by atoms with E-state index >= 15 is 0 Å². The van der Waals surface area contributed by atoms with E-state index < -0.39 is 24.4 Å². The van der Waals surface area contributed by atoms with Crippen LogP contribution in [0.3, 0.4) is 0 Å². The van der Waals surface area contributed by atoms with E-state index in [1.807, 2.05) is 0 Å². The van der Waals surface area contributed by atoms with Crippen LogP contribution in [0.25, 0.3) is 0 Å². The van der Waals surface area contributed by atoms with Crippen LogP contribution in [0.4, 0.5) is 30.6 Å². The number of alkyl carbamates (subject to hydrolysis) is 2. The zero-order chi connectivity index (χ0) is 41.6. The molecule has 3 saturated heterocycles. The summed E-state index contributed by atoms with van der Waals surface area (Å²) in [7, 11) is 0. The zero-order valence-corrected chi connectivity index (χ0v) is 33.5. The van der Waals surface area contributed by atoms with Crippen molar-refractivity contribution in [2.45, 2.75) is 59.0 Å². The Labute approximate surface area is 336 Å². The minimum Gasteiger partial charge on any atom is -0.465 e. The highest BCUT2D eigenvalue weighted by Gasteiger charge is 2.35. The van der Waals surface area contributed by atoms with E-state index in [-0.39, 0.29) is 47.9 Å². The van der Waals surface area contributed by atoms with Gasteiger partial charge in [0.15, 0.2) is 0 Å². The van der Waals surface area contributed by atoms with Crippen LogP contribution in [0.2, 0.25) is 0 Å². The van der Waals surface area contributed by atoms with E-state index in [0.717, 1.165) is 26.2 Å². The molecule has 0 spiro atoms. The van der Waals surface area contributed by atoms with Crippen LogP contribution in [-0.4, -0.2) is 141 Å². The molecule has 0 aliphatic carbocycles. The van der Waals surface area contributed by atoms with E-state index in [1.54, 1.807) is 88.0 Å². The Hall–Kier alpha value is -5.46. The first-order valence-electron chi connectivity index (χ1n) is 18.6. The van der Waals surface area contributed by atoms with Crippen molar-refractivity contribution >= 4 is 65.0 Å². The molecule has 2 aromatic rings. The summed E-state index contributed by atoms with van der Waals surface area (Å²) >= 11 is 5.69. The fourth-order valence-electron chi connectivity index (χ4n) is 5.90. The van der Waals surface area contributed by atoms with Gasteiger partial charge in [0.2, 0.25) is 0 Å². The maximum absolute atomic E-state index is 12.4. The lowest BCUT2D eigenvalue weighted by atomic mass is 10.1. The van der Waals surface area contributed by atoms with Crippen molar-refractivity contribution in [1.82, 2.24) is 20.4 Å². The number of amidine groups is 2. The van der Waals surface area contributed by atoms with Gasteiger partial charge < -0.3 is 23.7 Å². The number of cyclic esters (lactones) is 2. The summed E-state index contributed by atoms with van der Waals surface area (Å²) in [6.45, 7) is 13.9. The topological polar surface area (TPSA) is 216 Å². The van der Waals surface area contributed by atoms with Gasteiger partial charge in [-0.25, -0.2) is 19.2 Å². The Morgan fingerprint density at radius 1 is 0.737 bits per heavy atom. The Balaban J connectivity index is 0.000000273. The molecule has 4 amide bonds. The van der Waals surface area contributed by atoms with Crippen LogP contribution in [0.1, 0.15) is 45.7 Å². The number of esters is 1. The molecule has 2 atom stereocenters. The molecule has 0 radical (unpaired) electrons. The fraction of sp³-hybridized carbons (Fsp3) is 0.500. The number of benzene rings is 2. The first-order valence-corrected chi connectivity index (χ1v) is 19.1. The molecule has 3 fully saturated rings. The van der Waals surface area contributed by atoms with E-state index in [0.29, 0.717) is 55.3 Å². The van der Waals surface area contributed by atoms with Crippen LogP contribution < -0.4 is 20.4 Å². The summed E-state index contributed by atoms with van der Waals surface area (Å²) in [5.74, 6) is -0.123. The SMILES string of the molecule is CC(C)OC(=O)NC(=N)c1ccc(N2C[C@@H](CCl)OC2=O)cc1.CCOC(=O)CN1CCN(C[C@H]2CN(c3ccc(C(=N)NC(=O)OC(C)C)cc3)C(=O)O2)CC1. The number of rotatable bonds is 12. The van der Waals surface area contributed by atoms with Gasteiger partial charge in [-0.1, -0.05) is 0 Å². The van der Waals surface area contributed by atoms with Crippen LogP contribution in [0.5, 0.6) is 0 Å². The van der Waals surface area contributed by atoms with Gasteiger partial charge in [0, 0.05) is 55.2 Å². The third kappa shape index (κ3) is 13.6. The molecule has 57 heavy (non-hydrogen) atoms. The maximum Gasteiger partial charge on any atom is 0.414 e. The predicted molar refractivity (Wildman–Crippen MR) is 212 cm³/mol. The quantitative estimate of drug-likeness (QED) is 0.0773. The predicted octanol–water partition coefficient (Wildman–Crippen LogP) is 4.36. The molecule has 18 nitrogen and oxygen atoms in total. The van der Waals surface area contributed by atoms with Crippen LogP contribution in [0.15, 0.2) is 48.5 Å². The second-order valence-electron chi connectivity index (χ2n) is 13.8. The summed E-state index contributed by atoms with van der Waals surface area (Å²) in [6.07, 6.45) is -3.34. The minimum absolute atomic E-state index is 0.0789. The van der Waals surface area contributed by atoms with E-state index in [1.165, 1.54) is 4.90 Å². The number of halogens is 1. The van der Waals surface area contributed by atoms with Gasteiger partial charge in [0.1, 0.15) is 23.9 Å². The van der Waals surface area contributed by atoms with Gasteiger partial charge in [-0.05, 0) is 83.1 Å². The lowest BCUT2D eigenvalue weighted by molar-refractivity contribution is -0.144. The van der Waals surface area contributed by atoms with Crippen molar-refractivity contribution in [1.29, 1.82) is 10.8 Å². The number of hydrogen-bond donors (Lipinski definition) is 4. The van der Waals surface area contributed by atoms with E-state index in [9.17, 15) is 24.0 Å². The summed E-state index contributed by atoms with van der Waals surface area (Å²) < 4.78 is 25.5. The van der Waals surface area contributed by atoms with Crippen LogP contribution in [0, 0.1) is 10.8 Å². The number of anilines is 2. The highest BCUT2D eigenvalue weighted by atomic mass is 35.5. The second kappa shape index (κ2) is 21.2. The molecule has 0 saturated carbocycles. The summed E-state index contributed by atoms with van der Waals surface area (Å²) in [5, 5.41) is 20.6. The molecule has 3 aliphatic heterocycles. The van der Waals surface area contributed by atoms with Crippen molar-refractivity contribution in [3.05, 3.63) is 59.7 Å². The number of ether oxygens (including phenoxy) is 5. The summed E-state index contributed by atoms with van der Waals surface area (Å²) in [5.41, 5.74) is 2.29. The molecule has 3 aliphatic rings. The molecule has 4 N–H and O–H groups in total. The fourth-order valence-corrected chi connectivity index (χ4v) is 6.06. The van der Waals surface area contributed by atoms with Crippen molar-refractivity contribution in [3.63, 3.8) is 0 Å². The molecule has 0 aromatic heterocycles. The van der Waals surface area contributed by atoms with E-state index in [2.05, 4.69) is 20.4 Å². The number of carbonyl (C=O) groups is 5. The van der Waals surface area contributed by atoms with Gasteiger partial charge in [-0.15, -0.1) is 11.6 Å². The number of nitrogens with one attached hydrogen (secondary N) is 4. The van der Waals surface area contributed by atoms with E-state index in [4.69, 9.17) is 46.1 Å². The number of nitrogens with zero attached hydrogens (tertiary/aromatic N) is 4. The third-order valence-corrected chi connectivity index (χ3v) is 8.92. The maximum atomic E-state index is 12.4. The third-order valence-electron chi connectivity index (χ3n) is 8.58. The monoisotopic (exact) mass is 814 g/mol. The Kier molecular flexibility index (Phi) is 16.4. The summed E-state index contributed by atoms with van der Waals surface area (Å²) in [4.78, 5) is 66.3. The van der Waals surface area contributed by atoms with Gasteiger partial charge in [0.25, 0.3) is 0 Å². The highest BCUT2D eigenvalue weighted by molar-refractivity contribution is 6.18.